The minimum Gasteiger partial charge on any atom is -0.389 e. The summed E-state index contributed by atoms with van der Waals surface area (Å²) in [6.07, 6.45) is 1.63. The Hall–Kier alpha value is -1.17. The third-order valence-electron chi connectivity index (χ3n) is 2.56. The van der Waals surface area contributed by atoms with Crippen molar-refractivity contribution in [2.45, 2.75) is 6.92 Å². The molecule has 1 aromatic carbocycles. The van der Waals surface area contributed by atoms with Crippen LogP contribution >= 0.6 is 39.7 Å². The highest BCUT2D eigenvalue weighted by Gasteiger charge is 2.05. The van der Waals surface area contributed by atoms with E-state index in [0.717, 1.165) is 21.3 Å². The summed E-state index contributed by atoms with van der Waals surface area (Å²) < 4.78 is 0.926. The third-order valence-corrected chi connectivity index (χ3v) is 3.86. The number of halogens is 2. The van der Waals surface area contributed by atoms with Crippen molar-refractivity contribution in [2.24, 2.45) is 5.73 Å². The maximum Gasteiger partial charge on any atom is 0.130 e. The van der Waals surface area contributed by atoms with E-state index in [1.54, 1.807) is 6.20 Å². The Morgan fingerprint density at radius 3 is 2.74 bits per heavy atom. The molecule has 6 heteroatoms. The van der Waals surface area contributed by atoms with Crippen LogP contribution in [0.2, 0.25) is 5.02 Å². The number of nitrogens with one attached hydrogen (secondary N) is 1. The first-order chi connectivity index (χ1) is 8.97. The number of hydrogen-bond acceptors (Lipinski definition) is 3. The quantitative estimate of drug-likeness (QED) is 0.810. The molecule has 0 spiro atoms. The van der Waals surface area contributed by atoms with Crippen molar-refractivity contribution < 1.29 is 0 Å². The smallest absolute Gasteiger partial charge is 0.130 e. The molecule has 0 amide bonds. The normalized spacial score (nSPS) is 10.3. The summed E-state index contributed by atoms with van der Waals surface area (Å²) in [5.41, 5.74) is 8.12. The van der Waals surface area contributed by atoms with Crippen molar-refractivity contribution in [1.82, 2.24) is 4.98 Å². The first-order valence-electron chi connectivity index (χ1n) is 5.46. The maximum atomic E-state index is 6.10. The van der Waals surface area contributed by atoms with Gasteiger partial charge >= 0.3 is 0 Å². The fourth-order valence-corrected chi connectivity index (χ4v) is 2.33. The molecule has 0 saturated heterocycles. The molecule has 98 valence electrons. The van der Waals surface area contributed by atoms with E-state index in [9.17, 15) is 0 Å². The summed E-state index contributed by atoms with van der Waals surface area (Å²) in [4.78, 5) is 4.58. The molecule has 0 atom stereocenters. The second kappa shape index (κ2) is 5.86. The minimum atomic E-state index is 0.332. The van der Waals surface area contributed by atoms with E-state index in [0.29, 0.717) is 15.8 Å². The van der Waals surface area contributed by atoms with Gasteiger partial charge in [-0.3, -0.25) is 0 Å². The number of nitrogens with zero attached hydrogens (tertiary/aromatic N) is 1. The summed E-state index contributed by atoms with van der Waals surface area (Å²) in [7, 11) is 0. The van der Waals surface area contributed by atoms with Crippen molar-refractivity contribution in [1.29, 1.82) is 0 Å². The van der Waals surface area contributed by atoms with E-state index in [1.165, 1.54) is 0 Å². The van der Waals surface area contributed by atoms with Gasteiger partial charge in [0.15, 0.2) is 0 Å². The lowest BCUT2D eigenvalue weighted by Gasteiger charge is -2.10. The van der Waals surface area contributed by atoms with Gasteiger partial charge in [-0.15, -0.1) is 0 Å². The highest BCUT2D eigenvalue weighted by molar-refractivity contribution is 9.10. The lowest BCUT2D eigenvalue weighted by molar-refractivity contribution is 1.29. The van der Waals surface area contributed by atoms with Crippen LogP contribution in [0.5, 0.6) is 0 Å². The molecule has 0 aliphatic rings. The molecule has 0 aliphatic carbocycles. The fourth-order valence-electron chi connectivity index (χ4n) is 1.49. The van der Waals surface area contributed by atoms with E-state index < -0.39 is 0 Å². The van der Waals surface area contributed by atoms with Gasteiger partial charge in [0.25, 0.3) is 0 Å². The lowest BCUT2D eigenvalue weighted by Crippen LogP contribution is -2.09. The zero-order valence-corrected chi connectivity index (χ0v) is 13.2. The topological polar surface area (TPSA) is 50.9 Å². The van der Waals surface area contributed by atoms with E-state index in [2.05, 4.69) is 26.2 Å². The minimum absolute atomic E-state index is 0.332. The molecule has 1 heterocycles. The first kappa shape index (κ1) is 14.2. The maximum absolute atomic E-state index is 6.10. The number of nitrogens with two attached hydrogens (primary N) is 1. The van der Waals surface area contributed by atoms with E-state index in [1.807, 2.05) is 31.2 Å². The van der Waals surface area contributed by atoms with Crippen LogP contribution in [0.3, 0.4) is 0 Å². The SMILES string of the molecule is Cc1cc(Br)c(Nc2ccc(C(N)=S)cn2)cc1Cl. The monoisotopic (exact) mass is 355 g/mol. The van der Waals surface area contributed by atoms with Crippen molar-refractivity contribution in [2.75, 3.05) is 5.32 Å². The van der Waals surface area contributed by atoms with Gasteiger partial charge in [-0.2, -0.15) is 0 Å². The van der Waals surface area contributed by atoms with Gasteiger partial charge in [-0.05, 0) is 52.7 Å². The molecule has 2 aromatic rings. The molecule has 0 unspecified atom stereocenters. The molecule has 0 saturated carbocycles. The van der Waals surface area contributed by atoms with Crippen molar-refractivity contribution >= 4 is 56.2 Å². The average Bonchev–Trinajstić information content (AvgIpc) is 2.36. The Morgan fingerprint density at radius 2 is 2.16 bits per heavy atom. The number of aryl methyl sites for hydroxylation is 1. The summed E-state index contributed by atoms with van der Waals surface area (Å²) in [6, 6.07) is 7.44. The average molecular weight is 357 g/mol. The largest absolute Gasteiger partial charge is 0.389 e. The van der Waals surface area contributed by atoms with Crippen LogP contribution in [0.25, 0.3) is 0 Å². The van der Waals surface area contributed by atoms with Crippen molar-refractivity contribution in [3.63, 3.8) is 0 Å². The number of aromatic nitrogens is 1. The van der Waals surface area contributed by atoms with Crippen LogP contribution < -0.4 is 11.1 Å². The van der Waals surface area contributed by atoms with Gasteiger partial charge < -0.3 is 11.1 Å². The summed E-state index contributed by atoms with van der Waals surface area (Å²) >= 11 is 14.5. The lowest BCUT2D eigenvalue weighted by atomic mass is 10.2. The molecule has 0 aliphatic heterocycles. The Kier molecular flexibility index (Phi) is 4.39. The van der Waals surface area contributed by atoms with Gasteiger partial charge in [0.05, 0.1) is 5.69 Å². The van der Waals surface area contributed by atoms with Crippen LogP contribution in [-0.2, 0) is 0 Å². The van der Waals surface area contributed by atoms with Crippen LogP contribution in [0.15, 0.2) is 34.9 Å². The predicted molar refractivity (Wildman–Crippen MR) is 87.3 cm³/mol. The third kappa shape index (κ3) is 3.43. The molecule has 0 bridgehead atoms. The Bertz CT molecular complexity index is 629. The molecule has 19 heavy (non-hydrogen) atoms. The number of pyridine rings is 1. The van der Waals surface area contributed by atoms with Crippen LogP contribution in [0.1, 0.15) is 11.1 Å². The van der Waals surface area contributed by atoms with Crippen molar-refractivity contribution in [3.8, 4) is 0 Å². The first-order valence-corrected chi connectivity index (χ1v) is 7.04. The number of thiocarbonyl (C=S) groups is 1. The molecule has 0 radical (unpaired) electrons. The summed E-state index contributed by atoms with van der Waals surface area (Å²) in [6.45, 7) is 1.95. The van der Waals surface area contributed by atoms with Crippen LogP contribution in [-0.4, -0.2) is 9.97 Å². The highest BCUT2D eigenvalue weighted by atomic mass is 79.9. The number of rotatable bonds is 3. The zero-order chi connectivity index (χ0) is 14.0. The van der Waals surface area contributed by atoms with Gasteiger partial charge in [0, 0.05) is 21.3 Å². The zero-order valence-electron chi connectivity index (χ0n) is 10.1. The van der Waals surface area contributed by atoms with E-state index >= 15 is 0 Å². The van der Waals surface area contributed by atoms with E-state index in [-0.39, 0.29) is 0 Å². The molecule has 0 fully saturated rings. The van der Waals surface area contributed by atoms with Crippen LogP contribution in [0, 0.1) is 6.92 Å². The summed E-state index contributed by atoms with van der Waals surface area (Å²) in [5, 5.41) is 3.88. The predicted octanol–water partition coefficient (Wildman–Crippen LogP) is 4.18. The Balaban J connectivity index is 2.26. The highest BCUT2D eigenvalue weighted by Crippen LogP contribution is 2.30. The molecule has 3 N–H and O–H groups in total. The molecule has 2 rings (SSSR count). The number of benzene rings is 1. The van der Waals surface area contributed by atoms with E-state index in [4.69, 9.17) is 29.6 Å². The Morgan fingerprint density at radius 1 is 1.42 bits per heavy atom. The fraction of sp³-hybridized carbons (Fsp3) is 0.0769. The second-order valence-electron chi connectivity index (χ2n) is 4.00. The molecular formula is C13H11BrClN3S. The molecular weight excluding hydrogens is 346 g/mol. The van der Waals surface area contributed by atoms with Gasteiger partial charge in [0.1, 0.15) is 10.8 Å². The van der Waals surface area contributed by atoms with Gasteiger partial charge in [0.2, 0.25) is 0 Å². The van der Waals surface area contributed by atoms with Crippen molar-refractivity contribution in [3.05, 3.63) is 51.1 Å². The number of anilines is 2. The summed E-state index contributed by atoms with van der Waals surface area (Å²) in [5.74, 6) is 0.695. The standard InChI is InChI=1S/C13H11BrClN3S/c1-7-4-9(14)11(5-10(7)15)18-12-3-2-8(6-17-12)13(16)19/h2-6H,1H3,(H2,16,19)(H,17,18). The Labute approximate surface area is 130 Å². The van der Waals surface area contributed by atoms with Gasteiger partial charge in [-0.1, -0.05) is 23.8 Å². The second-order valence-corrected chi connectivity index (χ2v) is 5.70. The molecule has 3 nitrogen and oxygen atoms in total. The van der Waals surface area contributed by atoms with Crippen LogP contribution in [0.4, 0.5) is 11.5 Å². The molecule has 1 aromatic heterocycles. The van der Waals surface area contributed by atoms with Gasteiger partial charge in [-0.25, -0.2) is 4.98 Å². The number of hydrogen-bond donors (Lipinski definition) is 2.